The van der Waals surface area contributed by atoms with Crippen LogP contribution >= 0.6 is 0 Å². The van der Waals surface area contributed by atoms with Crippen LogP contribution in [0.25, 0.3) is 0 Å². The van der Waals surface area contributed by atoms with Crippen molar-refractivity contribution in [1.29, 1.82) is 0 Å². The van der Waals surface area contributed by atoms with E-state index in [1.165, 1.54) is 0 Å². The normalized spacial score (nSPS) is 33.9. The number of piperidine rings is 1. The minimum absolute atomic E-state index is 0.119. The van der Waals surface area contributed by atoms with Crippen molar-refractivity contribution in [2.75, 3.05) is 0 Å². The smallest absolute Gasteiger partial charge is 0.246 e. The molecule has 3 heteroatoms. The summed E-state index contributed by atoms with van der Waals surface area (Å²) in [7, 11) is 0. The standard InChI is InChI=1S/C9H15NO2/c1-6(2)12-10-8-5-7(8)3-4-9(10)11/h6-8H,3-5H2,1-2H3. The summed E-state index contributed by atoms with van der Waals surface area (Å²) in [6.45, 7) is 3.92. The van der Waals surface area contributed by atoms with E-state index in [9.17, 15) is 4.79 Å². The van der Waals surface area contributed by atoms with E-state index in [0.29, 0.717) is 12.5 Å². The van der Waals surface area contributed by atoms with E-state index in [0.717, 1.165) is 18.8 Å². The first-order chi connectivity index (χ1) is 5.68. The van der Waals surface area contributed by atoms with E-state index in [-0.39, 0.29) is 12.0 Å². The molecule has 0 aromatic heterocycles. The van der Waals surface area contributed by atoms with Gasteiger partial charge >= 0.3 is 0 Å². The lowest BCUT2D eigenvalue weighted by atomic mass is 10.1. The maximum absolute atomic E-state index is 11.4. The Morgan fingerprint density at radius 3 is 3.00 bits per heavy atom. The second-order valence-corrected chi connectivity index (χ2v) is 3.98. The van der Waals surface area contributed by atoms with Gasteiger partial charge < -0.3 is 0 Å². The molecule has 0 radical (unpaired) electrons. The highest BCUT2D eigenvalue weighted by atomic mass is 16.7. The number of fused-ring (bicyclic) bond motifs is 1. The van der Waals surface area contributed by atoms with Gasteiger partial charge in [-0.3, -0.25) is 9.63 Å². The molecule has 12 heavy (non-hydrogen) atoms. The number of hydrogen-bond acceptors (Lipinski definition) is 2. The van der Waals surface area contributed by atoms with E-state index < -0.39 is 0 Å². The average Bonchev–Trinajstić information content (AvgIpc) is 2.73. The topological polar surface area (TPSA) is 29.5 Å². The molecule has 0 N–H and O–H groups in total. The summed E-state index contributed by atoms with van der Waals surface area (Å²) < 4.78 is 0. The molecule has 0 aromatic carbocycles. The zero-order chi connectivity index (χ0) is 8.72. The van der Waals surface area contributed by atoms with Gasteiger partial charge in [0.15, 0.2) is 0 Å². The molecule has 0 aromatic rings. The summed E-state index contributed by atoms with van der Waals surface area (Å²) in [5.74, 6) is 0.906. The second kappa shape index (κ2) is 2.73. The number of carbonyl (C=O) groups excluding carboxylic acids is 1. The van der Waals surface area contributed by atoms with Gasteiger partial charge in [-0.2, -0.15) is 0 Å². The molecule has 2 atom stereocenters. The molecule has 1 saturated heterocycles. The molecule has 1 aliphatic heterocycles. The Bertz CT molecular complexity index is 203. The lowest BCUT2D eigenvalue weighted by Crippen LogP contribution is -2.38. The monoisotopic (exact) mass is 169 g/mol. The van der Waals surface area contributed by atoms with Crippen LogP contribution in [0.3, 0.4) is 0 Å². The predicted octanol–water partition coefficient (Wildman–Crippen LogP) is 1.34. The fourth-order valence-corrected chi connectivity index (χ4v) is 1.80. The van der Waals surface area contributed by atoms with Crippen molar-refractivity contribution in [2.45, 2.75) is 45.3 Å². The van der Waals surface area contributed by atoms with E-state index in [2.05, 4.69) is 0 Å². The molecule has 0 spiro atoms. The third-order valence-electron chi connectivity index (χ3n) is 2.49. The number of hydroxylamine groups is 2. The summed E-state index contributed by atoms with van der Waals surface area (Å²) in [4.78, 5) is 16.8. The molecule has 3 nitrogen and oxygen atoms in total. The molecule has 2 aliphatic rings. The zero-order valence-electron chi connectivity index (χ0n) is 7.62. The first-order valence-corrected chi connectivity index (χ1v) is 4.67. The Morgan fingerprint density at radius 1 is 1.58 bits per heavy atom. The third-order valence-corrected chi connectivity index (χ3v) is 2.49. The zero-order valence-corrected chi connectivity index (χ0v) is 7.62. The number of carbonyl (C=O) groups is 1. The van der Waals surface area contributed by atoms with Crippen molar-refractivity contribution in [3.63, 3.8) is 0 Å². The van der Waals surface area contributed by atoms with Gasteiger partial charge in [-0.1, -0.05) is 0 Å². The molecule has 1 amide bonds. The highest BCUT2D eigenvalue weighted by molar-refractivity contribution is 5.77. The molecule has 2 fully saturated rings. The van der Waals surface area contributed by atoms with Crippen LogP contribution < -0.4 is 0 Å². The Labute approximate surface area is 72.6 Å². The van der Waals surface area contributed by atoms with Crippen LogP contribution in [0, 0.1) is 5.92 Å². The Balaban J connectivity index is 1.97. The van der Waals surface area contributed by atoms with Crippen LogP contribution in [0.15, 0.2) is 0 Å². The highest BCUT2D eigenvalue weighted by Gasteiger charge is 2.48. The van der Waals surface area contributed by atoms with Crippen molar-refractivity contribution in [1.82, 2.24) is 5.06 Å². The first kappa shape index (κ1) is 8.05. The quantitative estimate of drug-likeness (QED) is 0.624. The molecular formula is C9H15NO2. The van der Waals surface area contributed by atoms with Crippen LogP contribution in [0.4, 0.5) is 0 Å². The van der Waals surface area contributed by atoms with Crippen LogP contribution in [0.2, 0.25) is 0 Å². The molecule has 1 saturated carbocycles. The summed E-state index contributed by atoms with van der Waals surface area (Å²) in [6, 6.07) is 0.411. The van der Waals surface area contributed by atoms with Crippen molar-refractivity contribution in [3.05, 3.63) is 0 Å². The van der Waals surface area contributed by atoms with Gasteiger partial charge in [-0.15, -0.1) is 0 Å². The van der Waals surface area contributed by atoms with E-state index in [1.54, 1.807) is 5.06 Å². The average molecular weight is 169 g/mol. The molecule has 68 valence electrons. The van der Waals surface area contributed by atoms with Gasteiger partial charge in [0.2, 0.25) is 5.91 Å². The SMILES string of the molecule is CC(C)ON1C(=O)CCC2CC21. The lowest BCUT2D eigenvalue weighted by Gasteiger charge is -2.27. The number of amides is 1. The predicted molar refractivity (Wildman–Crippen MR) is 44.2 cm³/mol. The van der Waals surface area contributed by atoms with E-state index >= 15 is 0 Å². The summed E-state index contributed by atoms with van der Waals surface area (Å²) in [6.07, 6.45) is 3.02. The van der Waals surface area contributed by atoms with Gasteiger partial charge in [-0.05, 0) is 32.6 Å². The van der Waals surface area contributed by atoms with E-state index in [1.807, 2.05) is 13.8 Å². The Morgan fingerprint density at radius 2 is 2.33 bits per heavy atom. The van der Waals surface area contributed by atoms with Gasteiger partial charge in [0.25, 0.3) is 0 Å². The molecular weight excluding hydrogens is 154 g/mol. The van der Waals surface area contributed by atoms with Crippen molar-refractivity contribution >= 4 is 5.91 Å². The minimum atomic E-state index is 0.119. The Kier molecular flexibility index (Phi) is 1.83. The molecule has 2 unspecified atom stereocenters. The summed E-state index contributed by atoms with van der Waals surface area (Å²) >= 11 is 0. The highest BCUT2D eigenvalue weighted by Crippen LogP contribution is 2.43. The van der Waals surface area contributed by atoms with Crippen LogP contribution in [-0.4, -0.2) is 23.1 Å². The molecule has 1 aliphatic carbocycles. The number of nitrogens with zero attached hydrogens (tertiary/aromatic N) is 1. The van der Waals surface area contributed by atoms with Crippen molar-refractivity contribution in [2.24, 2.45) is 5.92 Å². The van der Waals surface area contributed by atoms with Gasteiger partial charge in [0.1, 0.15) is 0 Å². The maximum atomic E-state index is 11.4. The second-order valence-electron chi connectivity index (χ2n) is 3.98. The fraction of sp³-hybridized carbons (Fsp3) is 0.889. The largest absolute Gasteiger partial charge is 0.273 e. The molecule has 2 rings (SSSR count). The van der Waals surface area contributed by atoms with Gasteiger partial charge in [0, 0.05) is 6.42 Å². The summed E-state index contributed by atoms with van der Waals surface area (Å²) in [5.41, 5.74) is 0. The van der Waals surface area contributed by atoms with Gasteiger partial charge in [-0.25, -0.2) is 5.06 Å². The minimum Gasteiger partial charge on any atom is -0.273 e. The maximum Gasteiger partial charge on any atom is 0.246 e. The van der Waals surface area contributed by atoms with Crippen LogP contribution in [0.1, 0.15) is 33.1 Å². The third kappa shape index (κ3) is 1.33. The van der Waals surface area contributed by atoms with Crippen molar-refractivity contribution in [3.8, 4) is 0 Å². The van der Waals surface area contributed by atoms with Crippen LogP contribution in [-0.2, 0) is 9.63 Å². The number of hydrogen-bond donors (Lipinski definition) is 0. The van der Waals surface area contributed by atoms with Crippen molar-refractivity contribution < 1.29 is 9.63 Å². The van der Waals surface area contributed by atoms with E-state index in [4.69, 9.17) is 4.84 Å². The Hall–Kier alpha value is -0.570. The lowest BCUT2D eigenvalue weighted by molar-refractivity contribution is -0.210. The molecule has 1 heterocycles. The fourth-order valence-electron chi connectivity index (χ4n) is 1.80. The van der Waals surface area contributed by atoms with Gasteiger partial charge in [0.05, 0.1) is 12.1 Å². The first-order valence-electron chi connectivity index (χ1n) is 4.67. The molecule has 0 bridgehead atoms. The number of rotatable bonds is 2. The summed E-state index contributed by atoms with van der Waals surface area (Å²) in [5, 5.41) is 1.61. The van der Waals surface area contributed by atoms with Crippen LogP contribution in [0.5, 0.6) is 0 Å².